The summed E-state index contributed by atoms with van der Waals surface area (Å²) in [5, 5.41) is 11.1. The van der Waals surface area contributed by atoms with Crippen LogP contribution in [0.5, 0.6) is 5.75 Å². The number of carbonyl (C=O) groups excluding carboxylic acids is 1. The van der Waals surface area contributed by atoms with Crippen LogP contribution in [0.3, 0.4) is 0 Å². The van der Waals surface area contributed by atoms with Crippen molar-refractivity contribution in [3.05, 3.63) is 100 Å². The second kappa shape index (κ2) is 9.97. The fourth-order valence-electron chi connectivity index (χ4n) is 4.62. The first-order valence-corrected chi connectivity index (χ1v) is 11.7. The largest absolute Gasteiger partial charge is 0.486 e. The van der Waals surface area contributed by atoms with Gasteiger partial charge in [0.1, 0.15) is 18.2 Å². The van der Waals surface area contributed by atoms with Crippen LogP contribution in [0.15, 0.2) is 78.9 Å². The molecule has 0 unspecified atom stereocenters. The van der Waals surface area contributed by atoms with E-state index in [9.17, 15) is 14.9 Å². The van der Waals surface area contributed by atoms with Gasteiger partial charge in [0.25, 0.3) is 11.6 Å². The molecule has 8 nitrogen and oxygen atoms in total. The van der Waals surface area contributed by atoms with Gasteiger partial charge in [-0.1, -0.05) is 36.4 Å². The molecule has 0 saturated carbocycles. The summed E-state index contributed by atoms with van der Waals surface area (Å²) in [7, 11) is 0. The number of amides is 1. The van der Waals surface area contributed by atoms with Crippen molar-refractivity contribution in [1.29, 1.82) is 0 Å². The number of carbonyl (C=O) groups is 1. The van der Waals surface area contributed by atoms with Crippen molar-refractivity contribution < 1.29 is 14.5 Å². The lowest BCUT2D eigenvalue weighted by molar-refractivity contribution is -0.384. The topological polar surface area (TPSA) is 90.5 Å². The Balaban J connectivity index is 1.27. The molecule has 0 radical (unpaired) electrons. The molecule has 178 valence electrons. The predicted molar refractivity (Wildman–Crippen MR) is 132 cm³/mol. The minimum atomic E-state index is -0.475. The maximum atomic E-state index is 12.9. The van der Waals surface area contributed by atoms with Crippen LogP contribution in [-0.2, 0) is 13.2 Å². The van der Waals surface area contributed by atoms with E-state index in [4.69, 9.17) is 9.72 Å². The maximum Gasteiger partial charge on any atom is 0.270 e. The van der Waals surface area contributed by atoms with Crippen molar-refractivity contribution in [2.45, 2.75) is 26.0 Å². The Morgan fingerprint density at radius 2 is 1.74 bits per heavy atom. The lowest BCUT2D eigenvalue weighted by Gasteiger charge is -2.32. The molecule has 1 saturated heterocycles. The van der Waals surface area contributed by atoms with E-state index in [1.54, 1.807) is 17.0 Å². The summed E-state index contributed by atoms with van der Waals surface area (Å²) in [5.41, 5.74) is 2.31. The van der Waals surface area contributed by atoms with Crippen molar-refractivity contribution >= 4 is 22.6 Å². The lowest BCUT2D eigenvalue weighted by atomic mass is 9.96. The number of rotatable bonds is 7. The van der Waals surface area contributed by atoms with Gasteiger partial charge in [0.15, 0.2) is 0 Å². The summed E-state index contributed by atoms with van der Waals surface area (Å²) < 4.78 is 8.23. The number of para-hydroxylation sites is 3. The average molecular weight is 471 g/mol. The standard InChI is InChI=1S/C27H26N4O4/c32-27(21-7-6-8-22(17-21)31(33)34)29-15-13-20(14-16-29)18-30-25-12-5-4-11-24(25)28-26(30)19-35-23-9-2-1-3-10-23/h1-12,17,20H,13-16,18-19H2. The van der Waals surface area contributed by atoms with Crippen LogP contribution in [0.2, 0.25) is 0 Å². The third-order valence-electron chi connectivity index (χ3n) is 6.49. The van der Waals surface area contributed by atoms with E-state index in [-0.39, 0.29) is 11.6 Å². The molecule has 5 rings (SSSR count). The molecule has 1 fully saturated rings. The van der Waals surface area contributed by atoms with Crippen LogP contribution in [-0.4, -0.2) is 38.4 Å². The third-order valence-corrected chi connectivity index (χ3v) is 6.49. The smallest absolute Gasteiger partial charge is 0.270 e. The summed E-state index contributed by atoms with van der Waals surface area (Å²) in [6.07, 6.45) is 1.71. The number of aromatic nitrogens is 2. The molecule has 0 N–H and O–H groups in total. The molecule has 0 bridgehead atoms. The molecule has 1 aliphatic rings. The van der Waals surface area contributed by atoms with E-state index in [2.05, 4.69) is 10.6 Å². The SMILES string of the molecule is O=C(c1cccc([N+](=O)[O-])c1)N1CCC(Cn2c(COc3ccccc3)nc3ccccc32)CC1. The fourth-order valence-corrected chi connectivity index (χ4v) is 4.62. The maximum absolute atomic E-state index is 12.9. The number of nitro benzene ring substituents is 1. The molecular formula is C27H26N4O4. The van der Waals surface area contributed by atoms with Gasteiger partial charge in [0.05, 0.1) is 16.0 Å². The zero-order valence-corrected chi connectivity index (χ0v) is 19.2. The van der Waals surface area contributed by atoms with E-state index in [0.717, 1.165) is 42.0 Å². The van der Waals surface area contributed by atoms with E-state index < -0.39 is 4.92 Å². The number of nitrogens with zero attached hydrogens (tertiary/aromatic N) is 4. The highest BCUT2D eigenvalue weighted by Gasteiger charge is 2.26. The van der Waals surface area contributed by atoms with Crippen LogP contribution >= 0.6 is 0 Å². The molecule has 1 aliphatic heterocycles. The van der Waals surface area contributed by atoms with Crippen LogP contribution in [0.25, 0.3) is 11.0 Å². The van der Waals surface area contributed by atoms with Gasteiger partial charge < -0.3 is 14.2 Å². The van der Waals surface area contributed by atoms with Gasteiger partial charge >= 0.3 is 0 Å². The van der Waals surface area contributed by atoms with Crippen molar-refractivity contribution in [1.82, 2.24) is 14.5 Å². The number of nitro groups is 1. The summed E-state index contributed by atoms with van der Waals surface area (Å²) in [6.45, 7) is 2.42. The number of likely N-dealkylation sites (tertiary alicyclic amines) is 1. The Morgan fingerprint density at radius 1 is 1.00 bits per heavy atom. The number of hydrogen-bond acceptors (Lipinski definition) is 5. The van der Waals surface area contributed by atoms with E-state index in [0.29, 0.717) is 31.2 Å². The molecule has 0 aliphatic carbocycles. The average Bonchev–Trinajstić information content (AvgIpc) is 3.25. The number of fused-ring (bicyclic) bond motifs is 1. The molecule has 35 heavy (non-hydrogen) atoms. The molecule has 4 aromatic rings. The van der Waals surface area contributed by atoms with E-state index in [1.165, 1.54) is 12.1 Å². The van der Waals surface area contributed by atoms with Gasteiger partial charge in [-0.05, 0) is 49.1 Å². The zero-order chi connectivity index (χ0) is 24.2. The normalized spacial score (nSPS) is 14.2. The lowest BCUT2D eigenvalue weighted by Crippen LogP contribution is -2.39. The molecular weight excluding hydrogens is 444 g/mol. The van der Waals surface area contributed by atoms with Crippen LogP contribution in [0, 0.1) is 16.0 Å². The third kappa shape index (κ3) is 5.01. The molecule has 2 heterocycles. The van der Waals surface area contributed by atoms with Gasteiger partial charge in [-0.25, -0.2) is 4.98 Å². The predicted octanol–water partition coefficient (Wildman–Crippen LogP) is 5.08. The van der Waals surface area contributed by atoms with E-state index >= 15 is 0 Å². The number of non-ortho nitro benzene ring substituents is 1. The van der Waals surface area contributed by atoms with Crippen LogP contribution in [0.1, 0.15) is 29.0 Å². The highest BCUT2D eigenvalue weighted by atomic mass is 16.6. The molecule has 0 atom stereocenters. The Bertz CT molecular complexity index is 1340. The first kappa shape index (κ1) is 22.6. The summed E-state index contributed by atoms with van der Waals surface area (Å²) in [6, 6.07) is 23.8. The van der Waals surface area contributed by atoms with Crippen molar-refractivity contribution in [3.8, 4) is 5.75 Å². The molecule has 8 heteroatoms. The zero-order valence-electron chi connectivity index (χ0n) is 19.2. The fraction of sp³-hybridized carbons (Fsp3) is 0.259. The number of piperidine rings is 1. The Morgan fingerprint density at radius 3 is 2.51 bits per heavy atom. The quantitative estimate of drug-likeness (QED) is 0.278. The van der Waals surface area contributed by atoms with Gasteiger partial charge in [0, 0.05) is 37.3 Å². The second-order valence-electron chi connectivity index (χ2n) is 8.77. The highest BCUT2D eigenvalue weighted by Crippen LogP contribution is 2.26. The van der Waals surface area contributed by atoms with Crippen LogP contribution in [0.4, 0.5) is 5.69 Å². The Labute approximate surface area is 202 Å². The summed E-state index contributed by atoms with van der Waals surface area (Å²) >= 11 is 0. The molecule has 0 spiro atoms. The number of hydrogen-bond donors (Lipinski definition) is 0. The highest BCUT2D eigenvalue weighted by molar-refractivity contribution is 5.94. The first-order valence-electron chi connectivity index (χ1n) is 11.7. The number of imidazole rings is 1. The van der Waals surface area contributed by atoms with Crippen LogP contribution < -0.4 is 4.74 Å². The minimum absolute atomic E-state index is 0.0667. The minimum Gasteiger partial charge on any atom is -0.486 e. The van der Waals surface area contributed by atoms with Gasteiger partial charge in [-0.3, -0.25) is 14.9 Å². The van der Waals surface area contributed by atoms with Gasteiger partial charge in [0.2, 0.25) is 0 Å². The number of benzene rings is 3. The number of ether oxygens (including phenoxy) is 1. The second-order valence-corrected chi connectivity index (χ2v) is 8.77. The summed E-state index contributed by atoms with van der Waals surface area (Å²) in [5.74, 6) is 1.92. The van der Waals surface area contributed by atoms with Gasteiger partial charge in [-0.2, -0.15) is 0 Å². The van der Waals surface area contributed by atoms with Crippen molar-refractivity contribution in [3.63, 3.8) is 0 Å². The van der Waals surface area contributed by atoms with E-state index in [1.807, 2.05) is 48.5 Å². The van der Waals surface area contributed by atoms with Gasteiger partial charge in [-0.15, -0.1) is 0 Å². The molecule has 1 aromatic heterocycles. The Kier molecular flexibility index (Phi) is 6.43. The molecule has 3 aromatic carbocycles. The molecule has 1 amide bonds. The first-order chi connectivity index (χ1) is 17.1. The summed E-state index contributed by atoms with van der Waals surface area (Å²) in [4.78, 5) is 30.1. The monoisotopic (exact) mass is 470 g/mol. The Hall–Kier alpha value is -4.20. The van der Waals surface area contributed by atoms with Crippen molar-refractivity contribution in [2.75, 3.05) is 13.1 Å². The van der Waals surface area contributed by atoms with Crippen molar-refractivity contribution in [2.24, 2.45) is 5.92 Å².